The average Bonchev–Trinajstić information content (AvgIpc) is 2.60. The van der Waals surface area contributed by atoms with Crippen molar-refractivity contribution in [2.45, 2.75) is 26.3 Å². The summed E-state index contributed by atoms with van der Waals surface area (Å²) in [6, 6.07) is 6.45. The number of nitrogens with zero attached hydrogens (tertiary/aromatic N) is 1. The molecular weight excluding hydrogens is 174 g/mol. The Morgan fingerprint density at radius 2 is 2.21 bits per heavy atom. The van der Waals surface area contributed by atoms with Crippen molar-refractivity contribution < 1.29 is 4.79 Å². The monoisotopic (exact) mass is 189 g/mol. The number of carbonyl (C=O) groups is 1. The lowest BCUT2D eigenvalue weighted by Crippen LogP contribution is -2.29. The van der Waals surface area contributed by atoms with Crippen LogP contribution in [0.2, 0.25) is 0 Å². The summed E-state index contributed by atoms with van der Waals surface area (Å²) in [6.45, 7) is 5.37. The lowest BCUT2D eigenvalue weighted by molar-refractivity contribution is 0.112. The Kier molecular flexibility index (Phi) is 2.28. The number of anilines is 1. The van der Waals surface area contributed by atoms with E-state index in [0.717, 1.165) is 30.5 Å². The zero-order chi connectivity index (χ0) is 10.1. The SMILES string of the molecule is CC(C)N1CCc2cccc(C=O)c21. The summed E-state index contributed by atoms with van der Waals surface area (Å²) in [6.07, 6.45) is 2.02. The Balaban J connectivity index is 2.50. The lowest BCUT2D eigenvalue weighted by Gasteiger charge is -2.25. The van der Waals surface area contributed by atoms with Gasteiger partial charge in [-0.2, -0.15) is 0 Å². The molecular formula is C12H15NO. The first-order valence-electron chi connectivity index (χ1n) is 5.07. The van der Waals surface area contributed by atoms with E-state index in [1.165, 1.54) is 5.56 Å². The number of rotatable bonds is 2. The first-order chi connectivity index (χ1) is 6.74. The molecule has 0 unspecified atom stereocenters. The first-order valence-corrected chi connectivity index (χ1v) is 5.07. The highest BCUT2D eigenvalue weighted by molar-refractivity contribution is 5.87. The highest BCUT2D eigenvalue weighted by atomic mass is 16.1. The average molecular weight is 189 g/mol. The van der Waals surface area contributed by atoms with E-state index in [4.69, 9.17) is 0 Å². The molecule has 2 heteroatoms. The molecule has 14 heavy (non-hydrogen) atoms. The van der Waals surface area contributed by atoms with Crippen LogP contribution in [0.5, 0.6) is 0 Å². The number of hydrogen-bond donors (Lipinski definition) is 0. The van der Waals surface area contributed by atoms with Crippen molar-refractivity contribution in [2.75, 3.05) is 11.4 Å². The van der Waals surface area contributed by atoms with Crippen LogP contribution in [-0.2, 0) is 6.42 Å². The van der Waals surface area contributed by atoms with Crippen LogP contribution in [-0.4, -0.2) is 18.9 Å². The van der Waals surface area contributed by atoms with E-state index in [1.54, 1.807) is 0 Å². The second-order valence-corrected chi connectivity index (χ2v) is 4.01. The fourth-order valence-corrected chi connectivity index (χ4v) is 2.13. The molecule has 0 amide bonds. The topological polar surface area (TPSA) is 20.3 Å². The molecule has 1 heterocycles. The largest absolute Gasteiger partial charge is 0.368 e. The number of hydrogen-bond acceptors (Lipinski definition) is 2. The molecule has 1 aliphatic heterocycles. The second-order valence-electron chi connectivity index (χ2n) is 4.01. The number of fused-ring (bicyclic) bond motifs is 1. The van der Waals surface area contributed by atoms with Gasteiger partial charge in [-0.1, -0.05) is 12.1 Å². The maximum atomic E-state index is 10.9. The van der Waals surface area contributed by atoms with Gasteiger partial charge in [0.05, 0.1) is 5.69 Å². The predicted molar refractivity (Wildman–Crippen MR) is 58.0 cm³/mol. The molecule has 0 N–H and O–H groups in total. The summed E-state index contributed by atoms with van der Waals surface area (Å²) in [5.41, 5.74) is 3.29. The first kappa shape index (κ1) is 9.25. The molecule has 0 saturated heterocycles. The van der Waals surface area contributed by atoms with Gasteiger partial charge in [0, 0.05) is 18.2 Å². The minimum absolute atomic E-state index is 0.470. The molecule has 0 atom stereocenters. The Labute approximate surface area is 84.5 Å². The van der Waals surface area contributed by atoms with Gasteiger partial charge in [0.15, 0.2) is 6.29 Å². The van der Waals surface area contributed by atoms with Crippen molar-refractivity contribution in [3.05, 3.63) is 29.3 Å². The van der Waals surface area contributed by atoms with Crippen molar-refractivity contribution in [2.24, 2.45) is 0 Å². The van der Waals surface area contributed by atoms with Gasteiger partial charge in [0.25, 0.3) is 0 Å². The standard InChI is InChI=1S/C12H15NO/c1-9(2)13-7-6-10-4-3-5-11(8-14)12(10)13/h3-5,8-9H,6-7H2,1-2H3. The molecule has 0 spiro atoms. The van der Waals surface area contributed by atoms with Gasteiger partial charge < -0.3 is 4.90 Å². The third kappa shape index (κ3) is 1.31. The van der Waals surface area contributed by atoms with Crippen molar-refractivity contribution in [3.8, 4) is 0 Å². The summed E-state index contributed by atoms with van der Waals surface area (Å²) >= 11 is 0. The molecule has 0 fully saturated rings. The van der Waals surface area contributed by atoms with Gasteiger partial charge in [-0.15, -0.1) is 0 Å². The fourth-order valence-electron chi connectivity index (χ4n) is 2.13. The number of benzene rings is 1. The quantitative estimate of drug-likeness (QED) is 0.665. The normalized spacial score (nSPS) is 14.6. The van der Waals surface area contributed by atoms with Crippen LogP contribution in [0.3, 0.4) is 0 Å². The van der Waals surface area contributed by atoms with E-state index in [2.05, 4.69) is 24.8 Å². The maximum Gasteiger partial charge on any atom is 0.152 e. The van der Waals surface area contributed by atoms with Crippen molar-refractivity contribution in [3.63, 3.8) is 0 Å². The number of aldehydes is 1. The van der Waals surface area contributed by atoms with Crippen molar-refractivity contribution >= 4 is 12.0 Å². The van der Waals surface area contributed by atoms with E-state index in [1.807, 2.05) is 12.1 Å². The van der Waals surface area contributed by atoms with Crippen molar-refractivity contribution in [1.82, 2.24) is 0 Å². The Morgan fingerprint density at radius 1 is 1.43 bits per heavy atom. The van der Waals surface area contributed by atoms with Crippen LogP contribution in [0.4, 0.5) is 5.69 Å². The van der Waals surface area contributed by atoms with E-state index in [-0.39, 0.29) is 0 Å². The summed E-state index contributed by atoms with van der Waals surface area (Å²) in [5, 5.41) is 0. The van der Waals surface area contributed by atoms with Gasteiger partial charge in [-0.25, -0.2) is 0 Å². The summed E-state index contributed by atoms with van der Waals surface area (Å²) < 4.78 is 0. The molecule has 0 radical (unpaired) electrons. The number of carbonyl (C=O) groups excluding carboxylic acids is 1. The molecule has 0 bridgehead atoms. The molecule has 0 aliphatic carbocycles. The maximum absolute atomic E-state index is 10.9. The van der Waals surface area contributed by atoms with Crippen LogP contribution >= 0.6 is 0 Å². The van der Waals surface area contributed by atoms with Gasteiger partial charge in [-0.05, 0) is 31.9 Å². The predicted octanol–water partition coefficient (Wildman–Crippen LogP) is 2.27. The van der Waals surface area contributed by atoms with E-state index in [0.29, 0.717) is 6.04 Å². The van der Waals surface area contributed by atoms with Gasteiger partial charge in [0.2, 0.25) is 0 Å². The van der Waals surface area contributed by atoms with Crippen LogP contribution in [0, 0.1) is 0 Å². The van der Waals surface area contributed by atoms with E-state index < -0.39 is 0 Å². The highest BCUT2D eigenvalue weighted by Crippen LogP contribution is 2.32. The third-order valence-corrected chi connectivity index (χ3v) is 2.81. The molecule has 0 aromatic heterocycles. The number of para-hydroxylation sites is 1. The highest BCUT2D eigenvalue weighted by Gasteiger charge is 2.23. The summed E-state index contributed by atoms with van der Waals surface area (Å²) in [7, 11) is 0. The molecule has 0 saturated carbocycles. The zero-order valence-corrected chi connectivity index (χ0v) is 8.66. The minimum atomic E-state index is 0.470. The minimum Gasteiger partial charge on any atom is -0.368 e. The van der Waals surface area contributed by atoms with Crippen molar-refractivity contribution in [1.29, 1.82) is 0 Å². The fraction of sp³-hybridized carbons (Fsp3) is 0.417. The Morgan fingerprint density at radius 3 is 2.86 bits per heavy atom. The molecule has 2 rings (SSSR count). The van der Waals surface area contributed by atoms with Gasteiger partial charge in [0.1, 0.15) is 0 Å². The van der Waals surface area contributed by atoms with Crippen LogP contribution in [0.1, 0.15) is 29.8 Å². The van der Waals surface area contributed by atoms with E-state index >= 15 is 0 Å². The molecule has 74 valence electrons. The third-order valence-electron chi connectivity index (χ3n) is 2.81. The summed E-state index contributed by atoms with van der Waals surface area (Å²) in [5.74, 6) is 0. The zero-order valence-electron chi connectivity index (χ0n) is 8.66. The van der Waals surface area contributed by atoms with Crippen LogP contribution in [0.15, 0.2) is 18.2 Å². The van der Waals surface area contributed by atoms with Crippen LogP contribution < -0.4 is 4.90 Å². The Hall–Kier alpha value is -1.31. The van der Waals surface area contributed by atoms with Gasteiger partial charge in [-0.3, -0.25) is 4.79 Å². The lowest BCUT2D eigenvalue weighted by atomic mass is 10.1. The molecule has 2 nitrogen and oxygen atoms in total. The molecule has 1 aromatic carbocycles. The van der Waals surface area contributed by atoms with E-state index in [9.17, 15) is 4.79 Å². The smallest absolute Gasteiger partial charge is 0.152 e. The molecule has 1 aromatic rings. The second kappa shape index (κ2) is 3.45. The molecule has 1 aliphatic rings. The Bertz CT molecular complexity index is 357. The van der Waals surface area contributed by atoms with Crippen LogP contribution in [0.25, 0.3) is 0 Å². The summed E-state index contributed by atoms with van der Waals surface area (Å²) in [4.78, 5) is 13.2. The van der Waals surface area contributed by atoms with Gasteiger partial charge >= 0.3 is 0 Å².